The number of hydrogen-bond acceptors (Lipinski definition) is 2. The minimum absolute atomic E-state index is 0.0178. The lowest BCUT2D eigenvalue weighted by molar-refractivity contribution is 0.0932. The summed E-state index contributed by atoms with van der Waals surface area (Å²) in [4.78, 5) is 12.1. The third kappa shape index (κ3) is 3.54. The molecule has 1 aliphatic rings. The van der Waals surface area contributed by atoms with E-state index in [9.17, 15) is 9.90 Å². The van der Waals surface area contributed by atoms with Crippen LogP contribution < -0.4 is 5.32 Å². The molecule has 1 fully saturated rings. The van der Waals surface area contributed by atoms with Crippen molar-refractivity contribution in [2.75, 3.05) is 12.4 Å². The zero-order valence-corrected chi connectivity index (χ0v) is 13.5. The Bertz CT molecular complexity index is 473. The van der Waals surface area contributed by atoms with Gasteiger partial charge in [-0.3, -0.25) is 4.79 Å². The molecule has 0 radical (unpaired) electrons. The SMILES string of the molecule is O=C(NCC1(CCl)CCCC1)c1cc(I)ccc1O. The fourth-order valence-corrected chi connectivity index (χ4v) is 3.39. The molecule has 0 bridgehead atoms. The summed E-state index contributed by atoms with van der Waals surface area (Å²) in [6.07, 6.45) is 4.48. The van der Waals surface area contributed by atoms with Crippen LogP contribution in [-0.4, -0.2) is 23.4 Å². The molecular formula is C14H17ClINO2. The van der Waals surface area contributed by atoms with E-state index in [1.54, 1.807) is 18.2 Å². The van der Waals surface area contributed by atoms with Crippen molar-refractivity contribution in [3.63, 3.8) is 0 Å². The summed E-state index contributed by atoms with van der Waals surface area (Å²) < 4.78 is 0.925. The van der Waals surface area contributed by atoms with Crippen molar-refractivity contribution in [2.24, 2.45) is 5.41 Å². The maximum Gasteiger partial charge on any atom is 0.255 e. The van der Waals surface area contributed by atoms with E-state index in [0.717, 1.165) is 16.4 Å². The van der Waals surface area contributed by atoms with Gasteiger partial charge in [-0.15, -0.1) is 11.6 Å². The maximum atomic E-state index is 12.1. The third-order valence-corrected chi connectivity index (χ3v) is 5.01. The van der Waals surface area contributed by atoms with E-state index in [2.05, 4.69) is 27.9 Å². The van der Waals surface area contributed by atoms with Gasteiger partial charge in [0.1, 0.15) is 5.75 Å². The summed E-state index contributed by atoms with van der Waals surface area (Å²) in [5.41, 5.74) is 0.365. The van der Waals surface area contributed by atoms with Crippen LogP contribution in [0.3, 0.4) is 0 Å². The predicted molar refractivity (Wildman–Crippen MR) is 84.8 cm³/mol. The molecule has 0 unspecified atom stereocenters. The Morgan fingerprint density at radius 3 is 2.74 bits per heavy atom. The van der Waals surface area contributed by atoms with Crippen LogP contribution in [0.4, 0.5) is 0 Å². The van der Waals surface area contributed by atoms with Gasteiger partial charge in [0.15, 0.2) is 0 Å². The molecule has 0 heterocycles. The number of rotatable bonds is 4. The van der Waals surface area contributed by atoms with Gasteiger partial charge >= 0.3 is 0 Å². The molecular weight excluding hydrogens is 377 g/mol. The van der Waals surface area contributed by atoms with Crippen LogP contribution in [0.25, 0.3) is 0 Å². The lowest BCUT2D eigenvalue weighted by Gasteiger charge is -2.26. The summed E-state index contributed by atoms with van der Waals surface area (Å²) in [5.74, 6) is 0.364. The molecule has 1 aliphatic carbocycles. The molecule has 1 amide bonds. The Morgan fingerprint density at radius 2 is 2.11 bits per heavy atom. The number of benzene rings is 1. The van der Waals surface area contributed by atoms with E-state index in [4.69, 9.17) is 11.6 Å². The number of hydrogen-bond donors (Lipinski definition) is 2. The first-order chi connectivity index (χ1) is 9.06. The molecule has 3 nitrogen and oxygen atoms in total. The number of halogens is 2. The maximum absolute atomic E-state index is 12.1. The van der Waals surface area contributed by atoms with Crippen molar-refractivity contribution in [1.29, 1.82) is 0 Å². The standard InChI is InChI=1S/C14H17ClINO2/c15-8-14(5-1-2-6-14)9-17-13(19)11-7-10(16)3-4-12(11)18/h3-4,7,18H,1-2,5-6,8-9H2,(H,17,19). The van der Waals surface area contributed by atoms with E-state index in [1.165, 1.54) is 12.8 Å². The average Bonchev–Trinajstić information content (AvgIpc) is 2.88. The van der Waals surface area contributed by atoms with Crippen molar-refractivity contribution in [1.82, 2.24) is 5.32 Å². The summed E-state index contributed by atoms with van der Waals surface area (Å²) in [7, 11) is 0. The van der Waals surface area contributed by atoms with E-state index in [0.29, 0.717) is 18.0 Å². The molecule has 0 saturated heterocycles. The number of alkyl halides is 1. The van der Waals surface area contributed by atoms with Gasteiger partial charge in [0, 0.05) is 21.4 Å². The second kappa shape index (κ2) is 6.31. The first kappa shape index (κ1) is 14.9. The summed E-state index contributed by atoms with van der Waals surface area (Å²) in [5, 5.41) is 12.6. The lowest BCUT2D eigenvalue weighted by atomic mass is 9.88. The van der Waals surface area contributed by atoms with Crippen LogP contribution in [0.15, 0.2) is 18.2 Å². The summed E-state index contributed by atoms with van der Waals surface area (Å²) in [6.45, 7) is 0.584. The van der Waals surface area contributed by atoms with Crippen molar-refractivity contribution >= 4 is 40.1 Å². The second-order valence-electron chi connectivity index (χ2n) is 5.18. The zero-order chi connectivity index (χ0) is 13.9. The monoisotopic (exact) mass is 393 g/mol. The van der Waals surface area contributed by atoms with Crippen LogP contribution in [0, 0.1) is 8.99 Å². The molecule has 5 heteroatoms. The average molecular weight is 394 g/mol. The van der Waals surface area contributed by atoms with Crippen molar-refractivity contribution in [3.8, 4) is 5.75 Å². The molecule has 104 valence electrons. The largest absolute Gasteiger partial charge is 0.507 e. The lowest BCUT2D eigenvalue weighted by Crippen LogP contribution is -2.37. The van der Waals surface area contributed by atoms with Crippen LogP contribution in [0.5, 0.6) is 5.75 Å². The number of nitrogens with one attached hydrogen (secondary N) is 1. The minimum Gasteiger partial charge on any atom is -0.507 e. The number of carbonyl (C=O) groups excluding carboxylic acids is 1. The molecule has 0 spiro atoms. The van der Waals surface area contributed by atoms with E-state index in [-0.39, 0.29) is 17.1 Å². The van der Waals surface area contributed by atoms with E-state index in [1.807, 2.05) is 0 Å². The van der Waals surface area contributed by atoms with E-state index < -0.39 is 0 Å². The number of aromatic hydroxyl groups is 1. The van der Waals surface area contributed by atoms with Crippen LogP contribution in [0.2, 0.25) is 0 Å². The highest BCUT2D eigenvalue weighted by atomic mass is 127. The molecule has 0 atom stereocenters. The third-order valence-electron chi connectivity index (χ3n) is 3.77. The Kier molecular flexibility index (Phi) is 4.95. The first-order valence-corrected chi connectivity index (χ1v) is 8.00. The van der Waals surface area contributed by atoms with Crippen LogP contribution >= 0.6 is 34.2 Å². The van der Waals surface area contributed by atoms with Gasteiger partial charge in [0.2, 0.25) is 0 Å². The Hall–Kier alpha value is -0.490. The molecule has 1 aromatic rings. The quantitative estimate of drug-likeness (QED) is 0.607. The molecule has 19 heavy (non-hydrogen) atoms. The second-order valence-corrected chi connectivity index (χ2v) is 6.70. The van der Waals surface area contributed by atoms with Crippen molar-refractivity contribution in [2.45, 2.75) is 25.7 Å². The molecule has 2 rings (SSSR count). The summed E-state index contributed by atoms with van der Waals surface area (Å²) in [6, 6.07) is 5.00. The zero-order valence-electron chi connectivity index (χ0n) is 10.6. The van der Waals surface area contributed by atoms with Gasteiger partial charge in [0.05, 0.1) is 5.56 Å². The molecule has 0 aromatic heterocycles. The highest BCUT2D eigenvalue weighted by Gasteiger charge is 2.33. The summed E-state index contributed by atoms with van der Waals surface area (Å²) >= 11 is 8.17. The van der Waals surface area contributed by atoms with Gasteiger partial charge in [-0.1, -0.05) is 12.8 Å². The topological polar surface area (TPSA) is 49.3 Å². The fraction of sp³-hybridized carbons (Fsp3) is 0.500. The highest BCUT2D eigenvalue weighted by molar-refractivity contribution is 14.1. The molecule has 0 aliphatic heterocycles. The molecule has 1 saturated carbocycles. The Morgan fingerprint density at radius 1 is 1.42 bits per heavy atom. The predicted octanol–water partition coefficient (Wildman–Crippen LogP) is 3.53. The minimum atomic E-state index is -0.229. The first-order valence-electron chi connectivity index (χ1n) is 6.39. The van der Waals surface area contributed by atoms with Gasteiger partial charge in [-0.25, -0.2) is 0 Å². The highest BCUT2D eigenvalue weighted by Crippen LogP contribution is 2.38. The van der Waals surface area contributed by atoms with Crippen LogP contribution in [-0.2, 0) is 0 Å². The van der Waals surface area contributed by atoms with Gasteiger partial charge in [-0.2, -0.15) is 0 Å². The van der Waals surface area contributed by atoms with Crippen molar-refractivity contribution < 1.29 is 9.90 Å². The molecule has 2 N–H and O–H groups in total. The van der Waals surface area contributed by atoms with Crippen LogP contribution in [0.1, 0.15) is 36.0 Å². The fourth-order valence-electron chi connectivity index (χ4n) is 2.54. The Labute approximate surface area is 131 Å². The Balaban J connectivity index is 2.03. The number of amides is 1. The number of phenols is 1. The van der Waals surface area contributed by atoms with Gasteiger partial charge < -0.3 is 10.4 Å². The molecule has 1 aromatic carbocycles. The smallest absolute Gasteiger partial charge is 0.255 e. The normalized spacial score (nSPS) is 17.4. The van der Waals surface area contributed by atoms with Gasteiger partial charge in [0.25, 0.3) is 5.91 Å². The number of phenolic OH excluding ortho intramolecular Hbond substituents is 1. The van der Waals surface area contributed by atoms with Gasteiger partial charge in [-0.05, 0) is 53.6 Å². The van der Waals surface area contributed by atoms with Crippen molar-refractivity contribution in [3.05, 3.63) is 27.3 Å². The number of carbonyl (C=O) groups is 1. The van der Waals surface area contributed by atoms with E-state index >= 15 is 0 Å².